The van der Waals surface area contributed by atoms with E-state index in [2.05, 4.69) is 4.98 Å². The number of carbonyl (C=O) groups excluding carboxylic acids is 2. The number of amides is 1. The second-order valence-corrected chi connectivity index (χ2v) is 4.69. The Morgan fingerprint density at radius 2 is 1.77 bits per heavy atom. The number of hydrogen-bond donors (Lipinski definition) is 0. The Kier molecular flexibility index (Phi) is 5.25. The molecule has 22 heavy (non-hydrogen) atoms. The van der Waals surface area contributed by atoms with Gasteiger partial charge >= 0.3 is 5.97 Å². The highest BCUT2D eigenvalue weighted by Gasteiger charge is 2.31. The minimum Gasteiger partial charge on any atom is -0.467 e. The number of rotatable bonds is 5. The standard InChI is InChI=1S/C17H18N2O3/c1-3-15(17(21)22-2)19(14-7-5-4-6-8-14)16(20)13-9-11-18-12-10-13/h4-12,15H,3H2,1-2H3/t15-/m0/s1. The number of benzene rings is 1. The maximum absolute atomic E-state index is 12.9. The van der Waals surface area contributed by atoms with Gasteiger partial charge in [0.05, 0.1) is 7.11 Å². The summed E-state index contributed by atoms with van der Waals surface area (Å²) in [6.45, 7) is 1.84. The van der Waals surface area contributed by atoms with E-state index < -0.39 is 12.0 Å². The summed E-state index contributed by atoms with van der Waals surface area (Å²) in [5.74, 6) is -0.695. The summed E-state index contributed by atoms with van der Waals surface area (Å²) < 4.78 is 4.85. The van der Waals surface area contributed by atoms with E-state index in [4.69, 9.17) is 4.74 Å². The first-order chi connectivity index (χ1) is 10.7. The van der Waals surface area contributed by atoms with Crippen molar-refractivity contribution in [2.45, 2.75) is 19.4 Å². The number of methoxy groups -OCH3 is 1. The number of nitrogens with zero attached hydrogens (tertiary/aromatic N) is 2. The summed E-state index contributed by atoms with van der Waals surface area (Å²) in [4.78, 5) is 30.3. The van der Waals surface area contributed by atoms with E-state index in [0.717, 1.165) is 0 Å². The third-order valence-electron chi connectivity index (χ3n) is 3.35. The number of ether oxygens (including phenoxy) is 1. The van der Waals surface area contributed by atoms with Crippen molar-refractivity contribution in [3.8, 4) is 0 Å². The van der Waals surface area contributed by atoms with Crippen molar-refractivity contribution in [1.82, 2.24) is 4.98 Å². The van der Waals surface area contributed by atoms with Gasteiger partial charge in [-0.25, -0.2) is 4.79 Å². The molecule has 0 fully saturated rings. The molecule has 0 bridgehead atoms. The van der Waals surface area contributed by atoms with Crippen LogP contribution in [0.4, 0.5) is 5.69 Å². The van der Waals surface area contributed by atoms with Crippen LogP contribution in [0, 0.1) is 0 Å². The average Bonchev–Trinajstić information content (AvgIpc) is 2.60. The van der Waals surface area contributed by atoms with Crippen LogP contribution in [0.15, 0.2) is 54.9 Å². The third-order valence-corrected chi connectivity index (χ3v) is 3.35. The van der Waals surface area contributed by atoms with Crippen molar-refractivity contribution in [3.63, 3.8) is 0 Å². The number of hydrogen-bond acceptors (Lipinski definition) is 4. The summed E-state index contributed by atoms with van der Waals surface area (Å²) in [7, 11) is 1.32. The van der Waals surface area contributed by atoms with Crippen molar-refractivity contribution < 1.29 is 14.3 Å². The lowest BCUT2D eigenvalue weighted by Gasteiger charge is -2.29. The van der Waals surface area contributed by atoms with Gasteiger partial charge in [-0.15, -0.1) is 0 Å². The summed E-state index contributed by atoms with van der Waals surface area (Å²) in [6.07, 6.45) is 3.56. The van der Waals surface area contributed by atoms with Crippen molar-refractivity contribution in [1.29, 1.82) is 0 Å². The highest BCUT2D eigenvalue weighted by Crippen LogP contribution is 2.22. The molecule has 114 valence electrons. The van der Waals surface area contributed by atoms with Crippen molar-refractivity contribution in [3.05, 3.63) is 60.4 Å². The fourth-order valence-corrected chi connectivity index (χ4v) is 2.25. The van der Waals surface area contributed by atoms with E-state index in [9.17, 15) is 9.59 Å². The Bertz CT molecular complexity index is 629. The lowest BCUT2D eigenvalue weighted by atomic mass is 10.1. The topological polar surface area (TPSA) is 59.5 Å². The van der Waals surface area contributed by atoms with Crippen LogP contribution < -0.4 is 4.90 Å². The van der Waals surface area contributed by atoms with Gasteiger partial charge in [-0.05, 0) is 30.7 Å². The highest BCUT2D eigenvalue weighted by molar-refractivity contribution is 6.09. The van der Waals surface area contributed by atoms with E-state index in [1.807, 2.05) is 25.1 Å². The van der Waals surface area contributed by atoms with Gasteiger partial charge in [0, 0.05) is 23.6 Å². The largest absolute Gasteiger partial charge is 0.467 e. The molecule has 0 saturated carbocycles. The molecule has 0 N–H and O–H groups in total. The van der Waals surface area contributed by atoms with E-state index >= 15 is 0 Å². The first-order valence-corrected chi connectivity index (χ1v) is 7.05. The van der Waals surface area contributed by atoms with Gasteiger partial charge in [0.15, 0.2) is 0 Å². The molecular formula is C17H18N2O3. The molecule has 2 rings (SSSR count). The minimum atomic E-state index is -0.673. The lowest BCUT2D eigenvalue weighted by Crippen LogP contribution is -2.45. The Morgan fingerprint density at radius 1 is 1.14 bits per heavy atom. The van der Waals surface area contributed by atoms with Crippen LogP contribution in [0.2, 0.25) is 0 Å². The number of para-hydroxylation sites is 1. The summed E-state index contributed by atoms with van der Waals surface area (Å²) in [6, 6.07) is 11.7. The van der Waals surface area contributed by atoms with E-state index in [1.165, 1.54) is 12.0 Å². The Hall–Kier alpha value is -2.69. The zero-order valence-corrected chi connectivity index (χ0v) is 12.6. The Balaban J connectivity index is 2.46. The number of aromatic nitrogens is 1. The minimum absolute atomic E-state index is 0.258. The zero-order chi connectivity index (χ0) is 15.9. The molecule has 1 amide bonds. The number of carbonyl (C=O) groups is 2. The third kappa shape index (κ3) is 3.31. The smallest absolute Gasteiger partial charge is 0.328 e. The van der Waals surface area contributed by atoms with E-state index in [1.54, 1.807) is 36.7 Å². The lowest BCUT2D eigenvalue weighted by molar-refractivity contribution is -0.142. The molecule has 0 aliphatic carbocycles. The maximum Gasteiger partial charge on any atom is 0.328 e. The molecule has 0 aliphatic rings. The molecule has 5 heteroatoms. The number of anilines is 1. The zero-order valence-electron chi connectivity index (χ0n) is 12.6. The van der Waals surface area contributed by atoms with Gasteiger partial charge in [-0.2, -0.15) is 0 Å². The van der Waals surface area contributed by atoms with Crippen molar-refractivity contribution in [2.75, 3.05) is 12.0 Å². The Morgan fingerprint density at radius 3 is 2.32 bits per heavy atom. The molecular weight excluding hydrogens is 280 g/mol. The van der Waals surface area contributed by atoms with Gasteiger partial charge in [0.25, 0.3) is 5.91 Å². The normalized spacial score (nSPS) is 11.5. The van der Waals surface area contributed by atoms with Crippen LogP contribution in [-0.4, -0.2) is 30.0 Å². The highest BCUT2D eigenvalue weighted by atomic mass is 16.5. The summed E-state index contributed by atoms with van der Waals surface area (Å²) in [5, 5.41) is 0. The summed E-state index contributed by atoms with van der Waals surface area (Å²) >= 11 is 0. The van der Waals surface area contributed by atoms with Gasteiger partial charge < -0.3 is 4.74 Å². The van der Waals surface area contributed by atoms with Crippen LogP contribution in [0.3, 0.4) is 0 Å². The van der Waals surface area contributed by atoms with Crippen LogP contribution in [0.25, 0.3) is 0 Å². The van der Waals surface area contributed by atoms with Gasteiger partial charge in [-0.3, -0.25) is 14.7 Å². The Labute approximate surface area is 129 Å². The van der Waals surface area contributed by atoms with Crippen molar-refractivity contribution >= 4 is 17.6 Å². The predicted molar refractivity (Wildman–Crippen MR) is 83.6 cm³/mol. The fraction of sp³-hybridized carbons (Fsp3) is 0.235. The molecule has 2 aromatic rings. The van der Waals surface area contributed by atoms with Gasteiger partial charge in [-0.1, -0.05) is 25.1 Å². The van der Waals surface area contributed by atoms with E-state index in [-0.39, 0.29) is 5.91 Å². The molecule has 1 aromatic carbocycles. The molecule has 0 aliphatic heterocycles. The first kappa shape index (κ1) is 15.7. The molecule has 1 atom stereocenters. The fourth-order valence-electron chi connectivity index (χ4n) is 2.25. The maximum atomic E-state index is 12.9. The van der Waals surface area contributed by atoms with Gasteiger partial charge in [0.2, 0.25) is 0 Å². The van der Waals surface area contributed by atoms with E-state index in [0.29, 0.717) is 17.7 Å². The summed E-state index contributed by atoms with van der Waals surface area (Å²) in [5.41, 5.74) is 1.13. The van der Waals surface area contributed by atoms with Crippen LogP contribution >= 0.6 is 0 Å². The van der Waals surface area contributed by atoms with Crippen LogP contribution in [-0.2, 0) is 9.53 Å². The average molecular weight is 298 g/mol. The van der Waals surface area contributed by atoms with Crippen LogP contribution in [0.1, 0.15) is 23.7 Å². The molecule has 5 nitrogen and oxygen atoms in total. The second kappa shape index (κ2) is 7.36. The first-order valence-electron chi connectivity index (χ1n) is 7.05. The molecule has 1 heterocycles. The molecule has 0 unspecified atom stereocenters. The number of esters is 1. The molecule has 0 saturated heterocycles. The van der Waals surface area contributed by atoms with Gasteiger partial charge in [0.1, 0.15) is 6.04 Å². The van der Waals surface area contributed by atoms with Crippen molar-refractivity contribution in [2.24, 2.45) is 0 Å². The molecule has 0 radical (unpaired) electrons. The second-order valence-electron chi connectivity index (χ2n) is 4.69. The molecule has 0 spiro atoms. The number of pyridine rings is 1. The monoisotopic (exact) mass is 298 g/mol. The predicted octanol–water partition coefficient (Wildman–Crippen LogP) is 2.68. The SMILES string of the molecule is CC[C@@H](C(=O)OC)N(C(=O)c1ccncc1)c1ccccc1. The molecule has 1 aromatic heterocycles. The van der Waals surface area contributed by atoms with Crippen LogP contribution in [0.5, 0.6) is 0 Å². The quantitative estimate of drug-likeness (QED) is 0.796.